The predicted octanol–water partition coefficient (Wildman–Crippen LogP) is 1.21. The fourth-order valence-electron chi connectivity index (χ4n) is 4.13. The molecule has 162 valence electrons. The Labute approximate surface area is 171 Å². The Bertz CT molecular complexity index is 875. The number of piperidine rings is 1. The molecule has 2 saturated heterocycles. The lowest BCUT2D eigenvalue weighted by atomic mass is 10.0. The van der Waals surface area contributed by atoms with Crippen LogP contribution in [0.5, 0.6) is 0 Å². The first-order valence-corrected chi connectivity index (χ1v) is 11.4. The van der Waals surface area contributed by atoms with Gasteiger partial charge < -0.3 is 14.3 Å². The number of nitrogens with zero attached hydrogens (tertiary/aromatic N) is 3. The zero-order chi connectivity index (χ0) is 21.6. The minimum atomic E-state index is -3.72. The molecule has 3 rings (SSSR count). The molecule has 0 radical (unpaired) electrons. The van der Waals surface area contributed by atoms with E-state index in [4.69, 9.17) is 4.52 Å². The molecule has 2 aliphatic rings. The van der Waals surface area contributed by atoms with E-state index >= 15 is 0 Å². The average molecular weight is 427 g/mol. The molecule has 0 saturated carbocycles. The lowest BCUT2D eigenvalue weighted by Crippen LogP contribution is -2.48. The third kappa shape index (κ3) is 4.48. The summed E-state index contributed by atoms with van der Waals surface area (Å²) in [5.41, 5.74) is 0.0344. The van der Waals surface area contributed by atoms with Crippen LogP contribution in [0.3, 0.4) is 0 Å². The quantitative estimate of drug-likeness (QED) is 0.774. The molecule has 2 fully saturated rings. The molecular formula is C19H30N4O5S. The summed E-state index contributed by atoms with van der Waals surface area (Å²) < 4.78 is 33.0. The molecule has 0 aliphatic carbocycles. The van der Waals surface area contributed by atoms with Crippen LogP contribution in [0.1, 0.15) is 51.5 Å². The van der Waals surface area contributed by atoms with Gasteiger partial charge in [-0.3, -0.25) is 9.59 Å². The fraction of sp³-hybridized carbons (Fsp3) is 0.737. The fourth-order valence-corrected chi connectivity index (χ4v) is 5.77. The van der Waals surface area contributed by atoms with Gasteiger partial charge in [0.15, 0.2) is 5.76 Å². The van der Waals surface area contributed by atoms with E-state index in [1.165, 1.54) is 0 Å². The Morgan fingerprint density at radius 1 is 1.21 bits per heavy atom. The number of hydrogen-bond acceptors (Lipinski definition) is 6. The van der Waals surface area contributed by atoms with E-state index in [0.717, 1.165) is 0 Å². The van der Waals surface area contributed by atoms with Gasteiger partial charge in [0.25, 0.3) is 0 Å². The topological polar surface area (TPSA) is 113 Å². The summed E-state index contributed by atoms with van der Waals surface area (Å²) in [4.78, 5) is 28.7. The van der Waals surface area contributed by atoms with Crippen molar-refractivity contribution in [2.24, 2.45) is 5.92 Å². The van der Waals surface area contributed by atoms with Crippen LogP contribution in [0, 0.1) is 19.8 Å². The lowest BCUT2D eigenvalue weighted by molar-refractivity contribution is -0.136. The first-order chi connectivity index (χ1) is 13.4. The Hall–Kier alpha value is -1.94. The van der Waals surface area contributed by atoms with Gasteiger partial charge in [0.05, 0.1) is 5.92 Å². The van der Waals surface area contributed by atoms with Gasteiger partial charge >= 0.3 is 0 Å². The molecule has 2 aliphatic heterocycles. The number of rotatable bonds is 4. The highest BCUT2D eigenvalue weighted by atomic mass is 32.2. The maximum atomic E-state index is 12.9. The summed E-state index contributed by atoms with van der Waals surface area (Å²) in [6, 6.07) is -0.256. The van der Waals surface area contributed by atoms with Gasteiger partial charge in [-0.15, -0.1) is 0 Å². The van der Waals surface area contributed by atoms with E-state index in [2.05, 4.69) is 9.88 Å². The molecule has 2 amide bonds. The van der Waals surface area contributed by atoms with Crippen LogP contribution in [0.4, 0.5) is 0 Å². The number of carbonyl (C=O) groups excluding carboxylic acids is 2. The van der Waals surface area contributed by atoms with Crippen molar-refractivity contribution in [2.75, 3.05) is 19.6 Å². The molecule has 10 heteroatoms. The van der Waals surface area contributed by atoms with Crippen LogP contribution >= 0.6 is 0 Å². The largest absolute Gasteiger partial charge is 0.360 e. The minimum absolute atomic E-state index is 0.0120. The zero-order valence-electron chi connectivity index (χ0n) is 17.7. The van der Waals surface area contributed by atoms with Gasteiger partial charge in [-0.1, -0.05) is 5.16 Å². The highest BCUT2D eigenvalue weighted by Gasteiger charge is 2.41. The number of nitrogens with one attached hydrogen (secondary N) is 1. The Balaban J connectivity index is 1.57. The van der Waals surface area contributed by atoms with Gasteiger partial charge in [0, 0.05) is 37.6 Å². The van der Waals surface area contributed by atoms with Gasteiger partial charge in [-0.25, -0.2) is 13.1 Å². The summed E-state index contributed by atoms with van der Waals surface area (Å²) in [6.45, 7) is 10.4. The molecule has 1 N–H and O–H groups in total. The van der Waals surface area contributed by atoms with Crippen LogP contribution < -0.4 is 4.72 Å². The lowest BCUT2D eigenvalue weighted by Gasteiger charge is -2.34. The second-order valence-corrected chi connectivity index (χ2v) is 10.6. The molecule has 1 atom stereocenters. The molecule has 0 bridgehead atoms. The average Bonchev–Trinajstić information content (AvgIpc) is 3.17. The molecule has 0 spiro atoms. The first kappa shape index (κ1) is 21.8. The number of aromatic nitrogens is 1. The number of hydrogen-bond donors (Lipinski definition) is 1. The summed E-state index contributed by atoms with van der Waals surface area (Å²) in [6.07, 6.45) is 1.30. The van der Waals surface area contributed by atoms with Crippen molar-refractivity contribution in [3.8, 4) is 0 Å². The minimum Gasteiger partial charge on any atom is -0.360 e. The standard InChI is InChI=1S/C19H30N4O5S/c1-12-17(13(2)28-20-12)29(26,27)21-15-6-8-22(9-7-15)18(25)14-10-16(24)23(11-14)19(3,4)5/h14-15,21H,6-11H2,1-5H3. The van der Waals surface area contributed by atoms with Crippen molar-refractivity contribution in [3.63, 3.8) is 0 Å². The van der Waals surface area contributed by atoms with Gasteiger partial charge in [-0.05, 0) is 47.5 Å². The SMILES string of the molecule is Cc1noc(C)c1S(=O)(=O)NC1CCN(C(=O)C2CC(=O)N(C(C)(C)C)C2)CC1. The smallest absolute Gasteiger partial charge is 0.246 e. The van der Waals surface area contributed by atoms with Gasteiger partial charge in [0.1, 0.15) is 10.6 Å². The second-order valence-electron chi connectivity index (χ2n) is 8.95. The molecule has 1 aromatic heterocycles. The highest BCUT2D eigenvalue weighted by molar-refractivity contribution is 7.89. The van der Waals surface area contributed by atoms with Crippen molar-refractivity contribution in [1.82, 2.24) is 19.7 Å². The molecule has 0 aromatic carbocycles. The second kappa shape index (κ2) is 7.71. The van der Waals surface area contributed by atoms with Crippen LogP contribution in [-0.2, 0) is 19.6 Å². The number of aryl methyl sites for hydroxylation is 2. The third-order valence-corrected chi connectivity index (χ3v) is 7.41. The number of carbonyl (C=O) groups is 2. The first-order valence-electron chi connectivity index (χ1n) is 9.94. The molecular weight excluding hydrogens is 396 g/mol. The summed E-state index contributed by atoms with van der Waals surface area (Å²) in [5.74, 6) is -0.0655. The zero-order valence-corrected chi connectivity index (χ0v) is 18.5. The molecule has 1 unspecified atom stereocenters. The van der Waals surface area contributed by atoms with Crippen molar-refractivity contribution >= 4 is 21.8 Å². The van der Waals surface area contributed by atoms with E-state index in [9.17, 15) is 18.0 Å². The Morgan fingerprint density at radius 2 is 1.83 bits per heavy atom. The maximum absolute atomic E-state index is 12.9. The summed E-state index contributed by atoms with van der Waals surface area (Å²) in [5, 5.41) is 3.71. The number of likely N-dealkylation sites (tertiary alicyclic amines) is 2. The normalized spacial score (nSPS) is 21.8. The van der Waals surface area contributed by atoms with Crippen molar-refractivity contribution in [3.05, 3.63) is 11.5 Å². The van der Waals surface area contributed by atoms with Crippen LogP contribution in [-0.4, -0.2) is 66.4 Å². The predicted molar refractivity (Wildman–Crippen MR) is 105 cm³/mol. The maximum Gasteiger partial charge on any atom is 0.246 e. The summed E-state index contributed by atoms with van der Waals surface area (Å²) >= 11 is 0. The van der Waals surface area contributed by atoms with Gasteiger partial charge in [0.2, 0.25) is 21.8 Å². The van der Waals surface area contributed by atoms with E-state index in [1.54, 1.807) is 23.6 Å². The molecule has 3 heterocycles. The van der Waals surface area contributed by atoms with E-state index < -0.39 is 10.0 Å². The number of sulfonamides is 1. The van der Waals surface area contributed by atoms with Crippen LogP contribution in [0.2, 0.25) is 0 Å². The van der Waals surface area contributed by atoms with Crippen LogP contribution in [0.15, 0.2) is 9.42 Å². The highest BCUT2D eigenvalue weighted by Crippen LogP contribution is 2.28. The van der Waals surface area contributed by atoms with Crippen molar-refractivity contribution in [2.45, 2.75) is 70.4 Å². The molecule has 29 heavy (non-hydrogen) atoms. The monoisotopic (exact) mass is 426 g/mol. The Kier molecular flexibility index (Phi) is 5.79. The third-order valence-electron chi connectivity index (χ3n) is 5.65. The Morgan fingerprint density at radius 3 is 2.31 bits per heavy atom. The number of amides is 2. The summed E-state index contributed by atoms with van der Waals surface area (Å²) in [7, 11) is -3.72. The van der Waals surface area contributed by atoms with Crippen molar-refractivity contribution < 1.29 is 22.5 Å². The van der Waals surface area contributed by atoms with Gasteiger partial charge in [-0.2, -0.15) is 0 Å². The van der Waals surface area contributed by atoms with E-state index in [-0.39, 0.29) is 46.4 Å². The van der Waals surface area contributed by atoms with Crippen molar-refractivity contribution in [1.29, 1.82) is 0 Å². The van der Waals surface area contributed by atoms with Crippen LogP contribution in [0.25, 0.3) is 0 Å². The molecule has 1 aromatic rings. The van der Waals surface area contributed by atoms with E-state index in [0.29, 0.717) is 38.2 Å². The van der Waals surface area contributed by atoms with E-state index in [1.807, 2.05) is 20.8 Å². The molecule has 9 nitrogen and oxygen atoms in total.